The molecule has 1 aliphatic heterocycles. The van der Waals surface area contributed by atoms with Crippen LogP contribution in [0, 0.1) is 0 Å². The van der Waals surface area contributed by atoms with Crippen molar-refractivity contribution in [3.63, 3.8) is 0 Å². The summed E-state index contributed by atoms with van der Waals surface area (Å²) in [6, 6.07) is -0.225. The largest absolute Gasteiger partial charge is 0.339 e. The predicted molar refractivity (Wildman–Crippen MR) is 48.6 cm³/mol. The Balaban J connectivity index is 2.18. The highest BCUT2D eigenvalue weighted by Gasteiger charge is 2.32. The fraction of sp³-hybridized carbons (Fsp3) is 0.667. The Morgan fingerprint density at radius 2 is 2.42 bits per heavy atom. The summed E-state index contributed by atoms with van der Waals surface area (Å²) in [6.07, 6.45) is 3.08. The van der Waals surface area contributed by atoms with Gasteiger partial charge in [-0.05, 0) is 20.3 Å². The smallest absolute Gasteiger partial charge is 0.241 e. The third-order valence-corrected chi connectivity index (χ3v) is 2.00. The summed E-state index contributed by atoms with van der Waals surface area (Å²) in [4.78, 5) is 12.8. The third kappa shape index (κ3) is 2.08. The highest BCUT2D eigenvalue weighted by Crippen LogP contribution is 2.08. The van der Waals surface area contributed by atoms with Crippen LogP contribution in [0.2, 0.25) is 0 Å². The molecule has 1 aliphatic rings. The molecule has 1 heterocycles. The van der Waals surface area contributed by atoms with E-state index in [1.165, 1.54) is 5.57 Å². The van der Waals surface area contributed by atoms with Crippen LogP contribution < -0.4 is 5.73 Å². The van der Waals surface area contributed by atoms with Crippen LogP contribution in [0.15, 0.2) is 11.6 Å². The molecule has 1 unspecified atom stereocenters. The minimum absolute atomic E-state index is 0.0946. The van der Waals surface area contributed by atoms with Crippen molar-refractivity contribution in [2.75, 3.05) is 13.1 Å². The number of hydrogen-bond donors (Lipinski definition) is 1. The number of rotatable bonds is 3. The lowest BCUT2D eigenvalue weighted by atomic mass is 10.1. The van der Waals surface area contributed by atoms with Crippen LogP contribution in [-0.2, 0) is 4.79 Å². The number of hydrogen-bond acceptors (Lipinski definition) is 2. The van der Waals surface area contributed by atoms with E-state index < -0.39 is 0 Å². The summed E-state index contributed by atoms with van der Waals surface area (Å²) in [5.74, 6) is 0.0946. The van der Waals surface area contributed by atoms with Gasteiger partial charge in [0.15, 0.2) is 0 Å². The van der Waals surface area contributed by atoms with Crippen LogP contribution in [-0.4, -0.2) is 29.9 Å². The first kappa shape index (κ1) is 9.26. The summed E-state index contributed by atoms with van der Waals surface area (Å²) in [5, 5.41) is 0. The predicted octanol–water partition coefficient (Wildman–Crippen LogP) is 0.512. The Labute approximate surface area is 73.2 Å². The molecule has 3 heteroatoms. The second-order valence-electron chi connectivity index (χ2n) is 3.46. The molecule has 12 heavy (non-hydrogen) atoms. The first-order valence-electron chi connectivity index (χ1n) is 4.29. The van der Waals surface area contributed by atoms with Gasteiger partial charge >= 0.3 is 0 Å². The highest BCUT2D eigenvalue weighted by molar-refractivity contribution is 5.87. The number of likely N-dealkylation sites (tertiary alicyclic amines) is 1. The van der Waals surface area contributed by atoms with Gasteiger partial charge in [0.25, 0.3) is 0 Å². The third-order valence-electron chi connectivity index (χ3n) is 2.00. The Hall–Kier alpha value is -0.830. The molecule has 2 N–H and O–H groups in total. The number of amides is 1. The molecule has 0 radical (unpaired) electrons. The molecule has 0 aliphatic carbocycles. The van der Waals surface area contributed by atoms with Gasteiger partial charge < -0.3 is 10.6 Å². The maximum Gasteiger partial charge on any atom is 0.241 e. The molecule has 0 saturated carbocycles. The van der Waals surface area contributed by atoms with E-state index in [1.54, 1.807) is 4.90 Å². The van der Waals surface area contributed by atoms with E-state index in [0.717, 1.165) is 19.5 Å². The zero-order valence-electron chi connectivity index (χ0n) is 7.71. The molecular weight excluding hydrogens is 152 g/mol. The number of carbonyl (C=O) groups excluding carboxylic acids is 1. The lowest BCUT2D eigenvalue weighted by Crippen LogP contribution is -2.60. The summed E-state index contributed by atoms with van der Waals surface area (Å²) in [7, 11) is 0. The quantitative estimate of drug-likeness (QED) is 0.493. The van der Waals surface area contributed by atoms with Crippen LogP contribution >= 0.6 is 0 Å². The van der Waals surface area contributed by atoms with E-state index in [-0.39, 0.29) is 11.9 Å². The first-order valence-corrected chi connectivity index (χ1v) is 4.29. The van der Waals surface area contributed by atoms with E-state index in [2.05, 4.69) is 19.9 Å². The minimum Gasteiger partial charge on any atom is -0.339 e. The van der Waals surface area contributed by atoms with Gasteiger partial charge in [-0.3, -0.25) is 4.79 Å². The molecule has 0 spiro atoms. The van der Waals surface area contributed by atoms with Gasteiger partial charge in [-0.25, -0.2) is 0 Å². The molecule has 1 rings (SSSR count). The van der Waals surface area contributed by atoms with Gasteiger partial charge in [0.05, 0.1) is 0 Å². The van der Waals surface area contributed by atoms with Crippen LogP contribution in [0.4, 0.5) is 0 Å². The lowest BCUT2D eigenvalue weighted by molar-refractivity contribution is -0.142. The van der Waals surface area contributed by atoms with Gasteiger partial charge in [0.2, 0.25) is 5.91 Å². The standard InChI is InChI=1S/C9H16N2O/c1-7(2)4-3-5-11-6-8(10)9(11)12/h4,8H,3,5-6,10H2,1-2H3. The van der Waals surface area contributed by atoms with Crippen molar-refractivity contribution in [2.45, 2.75) is 26.3 Å². The molecule has 1 fully saturated rings. The molecule has 0 bridgehead atoms. The molecule has 3 nitrogen and oxygen atoms in total. The van der Waals surface area contributed by atoms with Gasteiger partial charge in [-0.15, -0.1) is 0 Å². The Morgan fingerprint density at radius 3 is 2.83 bits per heavy atom. The monoisotopic (exact) mass is 168 g/mol. The van der Waals surface area contributed by atoms with Gasteiger partial charge in [-0.2, -0.15) is 0 Å². The first-order chi connectivity index (χ1) is 5.61. The van der Waals surface area contributed by atoms with Gasteiger partial charge in [0.1, 0.15) is 6.04 Å². The van der Waals surface area contributed by atoms with Crippen LogP contribution in [0.5, 0.6) is 0 Å². The number of nitrogens with zero attached hydrogens (tertiary/aromatic N) is 1. The Morgan fingerprint density at radius 1 is 1.75 bits per heavy atom. The molecular formula is C9H16N2O. The lowest BCUT2D eigenvalue weighted by Gasteiger charge is -2.35. The van der Waals surface area contributed by atoms with Crippen molar-refractivity contribution in [3.05, 3.63) is 11.6 Å². The molecule has 0 aromatic rings. The Bertz CT molecular complexity index is 207. The second kappa shape index (κ2) is 3.72. The number of carbonyl (C=O) groups is 1. The van der Waals surface area contributed by atoms with Gasteiger partial charge in [0, 0.05) is 13.1 Å². The fourth-order valence-corrected chi connectivity index (χ4v) is 1.24. The molecule has 0 aromatic heterocycles. The zero-order valence-corrected chi connectivity index (χ0v) is 7.71. The van der Waals surface area contributed by atoms with Crippen LogP contribution in [0.25, 0.3) is 0 Å². The molecule has 1 saturated heterocycles. The normalized spacial score (nSPS) is 22.1. The van der Waals surface area contributed by atoms with Crippen molar-refractivity contribution in [1.29, 1.82) is 0 Å². The van der Waals surface area contributed by atoms with E-state index in [1.807, 2.05) is 0 Å². The van der Waals surface area contributed by atoms with Gasteiger partial charge in [-0.1, -0.05) is 11.6 Å². The summed E-state index contributed by atoms with van der Waals surface area (Å²) >= 11 is 0. The number of nitrogens with two attached hydrogens (primary N) is 1. The van der Waals surface area contributed by atoms with E-state index >= 15 is 0 Å². The zero-order chi connectivity index (χ0) is 9.14. The summed E-state index contributed by atoms with van der Waals surface area (Å²) in [5.41, 5.74) is 6.74. The molecule has 1 atom stereocenters. The number of allylic oxidation sites excluding steroid dienone is 1. The molecule has 0 aromatic carbocycles. The molecule has 68 valence electrons. The Kier molecular flexibility index (Phi) is 2.87. The highest BCUT2D eigenvalue weighted by atomic mass is 16.2. The summed E-state index contributed by atoms with van der Waals surface area (Å²) < 4.78 is 0. The van der Waals surface area contributed by atoms with Crippen molar-refractivity contribution in [3.8, 4) is 0 Å². The average molecular weight is 168 g/mol. The van der Waals surface area contributed by atoms with E-state index in [4.69, 9.17) is 5.73 Å². The average Bonchev–Trinajstić information content (AvgIpc) is 2.02. The summed E-state index contributed by atoms with van der Waals surface area (Å²) in [6.45, 7) is 5.67. The maximum atomic E-state index is 11.0. The SMILES string of the molecule is CC(C)=CCCN1CC(N)C1=O. The fourth-order valence-electron chi connectivity index (χ4n) is 1.24. The van der Waals surface area contributed by atoms with Crippen LogP contribution in [0.3, 0.4) is 0 Å². The molecule has 1 amide bonds. The van der Waals surface area contributed by atoms with Crippen molar-refractivity contribution in [2.24, 2.45) is 5.73 Å². The number of β-lactam (4-membered cyclic amide) rings is 1. The topological polar surface area (TPSA) is 46.3 Å². The van der Waals surface area contributed by atoms with E-state index in [0.29, 0.717) is 0 Å². The minimum atomic E-state index is -0.225. The second-order valence-corrected chi connectivity index (χ2v) is 3.46. The van der Waals surface area contributed by atoms with E-state index in [9.17, 15) is 4.79 Å². The van der Waals surface area contributed by atoms with Crippen molar-refractivity contribution in [1.82, 2.24) is 4.90 Å². The van der Waals surface area contributed by atoms with Crippen LogP contribution in [0.1, 0.15) is 20.3 Å². The maximum absolute atomic E-state index is 11.0. The van der Waals surface area contributed by atoms with Crippen molar-refractivity contribution >= 4 is 5.91 Å². The van der Waals surface area contributed by atoms with Crippen molar-refractivity contribution < 1.29 is 4.79 Å².